The number of alkyl halides is 3. The number of nitrogens with two attached hydrogens (primary N) is 1. The Morgan fingerprint density at radius 1 is 1.37 bits per heavy atom. The van der Waals surface area contributed by atoms with Crippen molar-refractivity contribution < 1.29 is 13.2 Å². The molecule has 3 N–H and O–H groups in total. The zero-order valence-electron chi connectivity index (χ0n) is 9.78. The van der Waals surface area contributed by atoms with E-state index in [1.807, 2.05) is 0 Å². The third kappa shape index (κ3) is 2.40. The van der Waals surface area contributed by atoms with E-state index in [1.54, 1.807) is 0 Å². The molecule has 19 heavy (non-hydrogen) atoms. The highest BCUT2D eigenvalue weighted by Crippen LogP contribution is 2.36. The zero-order valence-corrected chi connectivity index (χ0v) is 9.78. The van der Waals surface area contributed by atoms with Gasteiger partial charge in [0.05, 0.1) is 11.6 Å². The lowest BCUT2D eigenvalue weighted by Crippen LogP contribution is -2.36. The van der Waals surface area contributed by atoms with Crippen LogP contribution < -0.4 is 10.6 Å². The van der Waals surface area contributed by atoms with Crippen molar-refractivity contribution in [3.8, 4) is 0 Å². The summed E-state index contributed by atoms with van der Waals surface area (Å²) < 4.78 is 38.0. The lowest BCUT2D eigenvalue weighted by Gasteiger charge is -2.25. The van der Waals surface area contributed by atoms with E-state index in [0.717, 1.165) is 12.8 Å². The highest BCUT2D eigenvalue weighted by Gasteiger charge is 2.39. The Kier molecular flexibility index (Phi) is 2.51. The SMILES string of the molecule is Nc1nc(N(CC(F)(F)F)C2CC2)c2cn[nH]c2n1. The van der Waals surface area contributed by atoms with Gasteiger partial charge in [-0.25, -0.2) is 0 Å². The van der Waals surface area contributed by atoms with E-state index in [4.69, 9.17) is 5.73 Å². The van der Waals surface area contributed by atoms with E-state index in [0.29, 0.717) is 11.0 Å². The van der Waals surface area contributed by atoms with Crippen molar-refractivity contribution in [1.82, 2.24) is 20.2 Å². The van der Waals surface area contributed by atoms with Crippen molar-refractivity contribution >= 4 is 22.8 Å². The number of anilines is 2. The second-order valence-electron chi connectivity index (χ2n) is 4.51. The fourth-order valence-electron chi connectivity index (χ4n) is 2.01. The van der Waals surface area contributed by atoms with E-state index in [9.17, 15) is 13.2 Å². The molecule has 1 aliphatic carbocycles. The van der Waals surface area contributed by atoms with Crippen molar-refractivity contribution in [3.63, 3.8) is 0 Å². The first-order valence-corrected chi connectivity index (χ1v) is 5.74. The summed E-state index contributed by atoms with van der Waals surface area (Å²) >= 11 is 0. The zero-order chi connectivity index (χ0) is 13.6. The van der Waals surface area contributed by atoms with Gasteiger partial charge < -0.3 is 10.6 Å². The van der Waals surface area contributed by atoms with Crippen LogP contribution in [0.2, 0.25) is 0 Å². The molecule has 1 saturated carbocycles. The number of aromatic amines is 1. The summed E-state index contributed by atoms with van der Waals surface area (Å²) in [7, 11) is 0. The molecule has 2 aromatic rings. The smallest absolute Gasteiger partial charge is 0.368 e. The summed E-state index contributed by atoms with van der Waals surface area (Å²) in [4.78, 5) is 9.08. The van der Waals surface area contributed by atoms with E-state index < -0.39 is 12.7 Å². The Bertz CT molecular complexity index is 603. The third-order valence-electron chi connectivity index (χ3n) is 2.92. The van der Waals surface area contributed by atoms with Crippen molar-refractivity contribution in [2.75, 3.05) is 17.2 Å². The Morgan fingerprint density at radius 2 is 2.11 bits per heavy atom. The normalized spacial score (nSPS) is 15.9. The number of fused-ring (bicyclic) bond motifs is 1. The van der Waals surface area contributed by atoms with Gasteiger partial charge >= 0.3 is 6.18 Å². The van der Waals surface area contributed by atoms with Gasteiger partial charge in [0.2, 0.25) is 5.95 Å². The predicted molar refractivity (Wildman–Crippen MR) is 62.5 cm³/mol. The second kappa shape index (κ2) is 3.97. The predicted octanol–water partition coefficient (Wildman–Crippen LogP) is 1.47. The second-order valence-corrected chi connectivity index (χ2v) is 4.51. The Balaban J connectivity index is 2.06. The molecule has 0 unspecified atom stereocenters. The van der Waals surface area contributed by atoms with Crippen molar-refractivity contribution in [1.29, 1.82) is 0 Å². The van der Waals surface area contributed by atoms with Gasteiger partial charge in [-0.05, 0) is 12.8 Å². The first-order chi connectivity index (χ1) is 8.94. The van der Waals surface area contributed by atoms with Crippen LogP contribution >= 0.6 is 0 Å². The molecule has 0 amide bonds. The monoisotopic (exact) mass is 272 g/mol. The molecular formula is C10H11F3N6. The molecule has 0 spiro atoms. The number of nitrogens with zero attached hydrogens (tertiary/aromatic N) is 4. The van der Waals surface area contributed by atoms with Crippen molar-refractivity contribution in [2.24, 2.45) is 0 Å². The van der Waals surface area contributed by atoms with Crippen LogP contribution in [0.5, 0.6) is 0 Å². The Labute approximate surface area is 105 Å². The van der Waals surface area contributed by atoms with Gasteiger partial charge in [0.1, 0.15) is 12.4 Å². The summed E-state index contributed by atoms with van der Waals surface area (Å²) in [5.74, 6) is 0.121. The maximum Gasteiger partial charge on any atom is 0.405 e. The molecule has 0 atom stereocenters. The number of halogens is 3. The number of H-pyrrole nitrogens is 1. The molecule has 0 bridgehead atoms. The molecule has 0 radical (unpaired) electrons. The Hall–Kier alpha value is -2.06. The van der Waals surface area contributed by atoms with Crippen molar-refractivity contribution in [2.45, 2.75) is 25.1 Å². The molecule has 3 rings (SSSR count). The Morgan fingerprint density at radius 3 is 2.74 bits per heavy atom. The van der Waals surface area contributed by atoms with Crippen LogP contribution in [0.3, 0.4) is 0 Å². The molecule has 1 fully saturated rings. The molecule has 0 saturated heterocycles. The van der Waals surface area contributed by atoms with Gasteiger partial charge in [0, 0.05) is 6.04 Å². The minimum absolute atomic E-state index is 0.0698. The van der Waals surface area contributed by atoms with Crippen LogP contribution in [0.25, 0.3) is 11.0 Å². The van der Waals surface area contributed by atoms with Gasteiger partial charge in [-0.3, -0.25) is 5.10 Å². The van der Waals surface area contributed by atoms with Crippen LogP contribution in [0.4, 0.5) is 24.9 Å². The van der Waals surface area contributed by atoms with Crippen molar-refractivity contribution in [3.05, 3.63) is 6.20 Å². The number of hydrogen-bond acceptors (Lipinski definition) is 5. The van der Waals surface area contributed by atoms with Gasteiger partial charge in [0.15, 0.2) is 5.65 Å². The van der Waals surface area contributed by atoms with Gasteiger partial charge in [-0.2, -0.15) is 28.2 Å². The number of hydrogen-bond donors (Lipinski definition) is 2. The highest BCUT2D eigenvalue weighted by molar-refractivity contribution is 5.87. The molecule has 1 aliphatic rings. The highest BCUT2D eigenvalue weighted by atomic mass is 19.4. The lowest BCUT2D eigenvalue weighted by molar-refractivity contribution is -0.120. The minimum Gasteiger partial charge on any atom is -0.368 e. The fraction of sp³-hybridized carbons (Fsp3) is 0.500. The number of aromatic nitrogens is 4. The molecule has 6 nitrogen and oxygen atoms in total. The average molecular weight is 272 g/mol. The molecule has 102 valence electrons. The van der Waals surface area contributed by atoms with Gasteiger partial charge in [-0.1, -0.05) is 0 Å². The van der Waals surface area contributed by atoms with Crippen LogP contribution in [-0.4, -0.2) is 38.9 Å². The first-order valence-electron chi connectivity index (χ1n) is 5.74. The quantitative estimate of drug-likeness (QED) is 0.883. The molecule has 0 aliphatic heterocycles. The van der Waals surface area contributed by atoms with E-state index in [1.165, 1.54) is 11.1 Å². The summed E-state index contributed by atoms with van der Waals surface area (Å²) in [5.41, 5.74) is 5.87. The number of nitrogens with one attached hydrogen (secondary N) is 1. The number of rotatable bonds is 3. The largest absolute Gasteiger partial charge is 0.405 e. The molecular weight excluding hydrogens is 261 g/mol. The molecule has 2 heterocycles. The van der Waals surface area contributed by atoms with Crippen LogP contribution in [0.15, 0.2) is 6.20 Å². The van der Waals surface area contributed by atoms with Gasteiger partial charge in [-0.15, -0.1) is 0 Å². The van der Waals surface area contributed by atoms with Crippen LogP contribution in [-0.2, 0) is 0 Å². The summed E-state index contributed by atoms with van der Waals surface area (Å²) in [6.45, 7) is -1.05. The van der Waals surface area contributed by atoms with Crippen LogP contribution in [0, 0.1) is 0 Å². The molecule has 2 aromatic heterocycles. The third-order valence-corrected chi connectivity index (χ3v) is 2.92. The lowest BCUT2D eigenvalue weighted by atomic mass is 10.3. The number of nitrogen functional groups attached to an aromatic ring is 1. The van der Waals surface area contributed by atoms with Crippen LogP contribution in [0.1, 0.15) is 12.8 Å². The minimum atomic E-state index is -4.29. The molecule has 9 heteroatoms. The first kappa shape index (κ1) is 12.0. The van der Waals surface area contributed by atoms with Gasteiger partial charge in [0.25, 0.3) is 0 Å². The molecule has 0 aromatic carbocycles. The standard InChI is InChI=1S/C10H11F3N6/c11-10(12,13)4-19(5-1-2-5)8-6-3-15-18-7(6)16-9(14)17-8/h3,5H,1-2,4H2,(H3,14,15,16,17,18). The summed E-state index contributed by atoms with van der Waals surface area (Å²) in [6.07, 6.45) is -1.44. The van der Waals surface area contributed by atoms with E-state index >= 15 is 0 Å². The summed E-state index contributed by atoms with van der Waals surface area (Å²) in [5, 5.41) is 6.81. The van der Waals surface area contributed by atoms with E-state index in [-0.39, 0.29) is 17.8 Å². The maximum absolute atomic E-state index is 12.7. The maximum atomic E-state index is 12.7. The van der Waals surface area contributed by atoms with E-state index in [2.05, 4.69) is 20.2 Å². The topological polar surface area (TPSA) is 83.7 Å². The average Bonchev–Trinajstić information content (AvgIpc) is 3.03. The summed E-state index contributed by atoms with van der Waals surface area (Å²) in [6, 6.07) is -0.144. The fourth-order valence-corrected chi connectivity index (χ4v) is 2.01.